The van der Waals surface area contributed by atoms with Crippen LogP contribution in [0.15, 0.2) is 48.3 Å². The van der Waals surface area contributed by atoms with Gasteiger partial charge in [0.2, 0.25) is 0 Å². The van der Waals surface area contributed by atoms with Crippen molar-refractivity contribution in [3.63, 3.8) is 0 Å². The molecule has 152 valence electrons. The maximum Gasteiger partial charge on any atom is 0.192 e. The minimum atomic E-state index is -3.02. The van der Waals surface area contributed by atoms with Crippen LogP contribution in [-0.4, -0.2) is 50.7 Å². The van der Waals surface area contributed by atoms with Crippen LogP contribution in [0, 0.1) is 0 Å². The molecule has 2 atom stereocenters. The Kier molecular flexibility index (Phi) is 5.35. The van der Waals surface area contributed by atoms with Crippen molar-refractivity contribution in [3.8, 4) is 0 Å². The lowest BCUT2D eigenvalue weighted by Crippen LogP contribution is -2.15. The molecule has 1 saturated heterocycles. The number of ketones is 1. The highest BCUT2D eigenvalue weighted by atomic mass is 32.2. The normalized spacial score (nSPS) is 19.4. The number of hydrogen-bond donors (Lipinski definition) is 1. The Labute approximate surface area is 173 Å². The minimum Gasteiger partial charge on any atom is -0.360 e. The molecule has 7 nitrogen and oxygen atoms in total. The number of rotatable bonds is 7. The number of carbonyl (C=O) groups excluding carboxylic acids is 1. The lowest BCUT2D eigenvalue weighted by molar-refractivity contribution is 0.0995. The van der Waals surface area contributed by atoms with Crippen molar-refractivity contribution >= 4 is 38.3 Å². The van der Waals surface area contributed by atoms with Gasteiger partial charge >= 0.3 is 0 Å². The number of allylic oxidation sites excluding steroid dienone is 1. The molecule has 0 aliphatic carbocycles. The summed E-state index contributed by atoms with van der Waals surface area (Å²) in [4.78, 5) is 16.2. The third kappa shape index (κ3) is 3.89. The lowest BCUT2D eigenvalue weighted by Gasteiger charge is -2.13. The van der Waals surface area contributed by atoms with Crippen LogP contribution in [0.3, 0.4) is 0 Å². The molecule has 9 heteroatoms. The predicted molar refractivity (Wildman–Crippen MR) is 114 cm³/mol. The molecule has 1 fully saturated rings. The average Bonchev–Trinajstić information content (AvgIpc) is 3.39. The Morgan fingerprint density at radius 3 is 2.93 bits per heavy atom. The maximum absolute atomic E-state index is 13.0. The van der Waals surface area contributed by atoms with Gasteiger partial charge in [-0.05, 0) is 19.4 Å². The molecule has 2 aromatic heterocycles. The summed E-state index contributed by atoms with van der Waals surface area (Å²) in [6, 6.07) is 7.70. The second kappa shape index (κ2) is 7.79. The topological polar surface area (TPSA) is 97.7 Å². The zero-order valence-corrected chi connectivity index (χ0v) is 17.7. The summed E-state index contributed by atoms with van der Waals surface area (Å²) in [5.41, 5.74) is 1.57. The highest BCUT2D eigenvalue weighted by Gasteiger charge is 2.33. The van der Waals surface area contributed by atoms with Crippen molar-refractivity contribution in [2.24, 2.45) is 0 Å². The van der Waals surface area contributed by atoms with Gasteiger partial charge in [-0.1, -0.05) is 36.0 Å². The summed E-state index contributed by atoms with van der Waals surface area (Å²) >= 11 is 1.33. The van der Waals surface area contributed by atoms with Crippen LogP contribution in [0.4, 0.5) is 0 Å². The Balaban J connectivity index is 1.58. The summed E-state index contributed by atoms with van der Waals surface area (Å²) in [6.45, 7) is 6.10. The summed E-state index contributed by atoms with van der Waals surface area (Å²) in [5, 5.41) is 9.66. The number of nitrogens with zero attached hydrogens (tertiary/aromatic N) is 3. The number of nitrogens with one attached hydrogen (secondary N) is 1. The van der Waals surface area contributed by atoms with Gasteiger partial charge in [0.15, 0.2) is 20.8 Å². The van der Waals surface area contributed by atoms with E-state index in [0.29, 0.717) is 29.5 Å². The summed E-state index contributed by atoms with van der Waals surface area (Å²) in [5.74, 6) is 0.764. The zero-order valence-electron chi connectivity index (χ0n) is 16.0. The van der Waals surface area contributed by atoms with Gasteiger partial charge < -0.3 is 9.55 Å². The van der Waals surface area contributed by atoms with Gasteiger partial charge in [-0.3, -0.25) is 4.79 Å². The molecule has 0 spiro atoms. The molecule has 0 bridgehead atoms. The molecule has 1 aliphatic heterocycles. The van der Waals surface area contributed by atoms with Gasteiger partial charge in [0.25, 0.3) is 0 Å². The van der Waals surface area contributed by atoms with Crippen LogP contribution >= 0.6 is 11.8 Å². The smallest absolute Gasteiger partial charge is 0.192 e. The first-order valence-corrected chi connectivity index (χ1v) is 12.1. The number of H-pyrrole nitrogens is 1. The molecule has 1 aromatic carbocycles. The molecule has 0 radical (unpaired) electrons. The van der Waals surface area contributed by atoms with Crippen LogP contribution < -0.4 is 0 Å². The van der Waals surface area contributed by atoms with Crippen molar-refractivity contribution in [2.75, 3.05) is 11.5 Å². The monoisotopic (exact) mass is 430 g/mol. The van der Waals surface area contributed by atoms with E-state index in [0.717, 1.165) is 10.9 Å². The number of hydrogen-bond acceptors (Lipinski definition) is 6. The van der Waals surface area contributed by atoms with Gasteiger partial charge in [0.05, 0.1) is 16.8 Å². The summed E-state index contributed by atoms with van der Waals surface area (Å²) in [6.07, 6.45) is 4.02. The van der Waals surface area contributed by atoms with Crippen LogP contribution in [-0.2, 0) is 16.4 Å². The summed E-state index contributed by atoms with van der Waals surface area (Å²) < 4.78 is 25.6. The van der Waals surface area contributed by atoms with Crippen molar-refractivity contribution < 1.29 is 13.2 Å². The van der Waals surface area contributed by atoms with E-state index in [1.165, 1.54) is 11.8 Å². The lowest BCUT2D eigenvalue weighted by atomic mass is 10.1. The molecule has 1 N–H and O–H groups in total. The molecule has 3 aromatic rings. The van der Waals surface area contributed by atoms with Gasteiger partial charge in [0.1, 0.15) is 5.82 Å². The largest absolute Gasteiger partial charge is 0.360 e. The summed E-state index contributed by atoms with van der Waals surface area (Å²) in [7, 11) is -3.02. The first-order valence-electron chi connectivity index (χ1n) is 9.41. The second-order valence-electron chi connectivity index (χ2n) is 7.21. The van der Waals surface area contributed by atoms with Crippen LogP contribution in [0.5, 0.6) is 0 Å². The van der Waals surface area contributed by atoms with Crippen molar-refractivity contribution in [1.29, 1.82) is 0 Å². The average molecular weight is 431 g/mol. The van der Waals surface area contributed by atoms with E-state index in [9.17, 15) is 13.2 Å². The number of carbonyl (C=O) groups is 1. The quantitative estimate of drug-likeness (QED) is 0.351. The zero-order chi connectivity index (χ0) is 20.6. The van der Waals surface area contributed by atoms with Gasteiger partial charge in [-0.2, -0.15) is 0 Å². The molecule has 0 saturated carbocycles. The van der Waals surface area contributed by atoms with E-state index in [-0.39, 0.29) is 28.5 Å². The number of Topliss-reactive ketones (excluding diaryl/α,β-unsaturated/α-hetero) is 1. The van der Waals surface area contributed by atoms with E-state index < -0.39 is 9.84 Å². The van der Waals surface area contributed by atoms with Gasteiger partial charge in [0, 0.05) is 35.1 Å². The number of thioether (sulfide) groups is 1. The number of aromatic amines is 1. The molecule has 1 aliphatic rings. The van der Waals surface area contributed by atoms with Crippen LogP contribution in [0.1, 0.15) is 35.4 Å². The van der Waals surface area contributed by atoms with E-state index in [4.69, 9.17) is 0 Å². The van der Waals surface area contributed by atoms with E-state index in [1.54, 1.807) is 12.3 Å². The Bertz CT molecular complexity index is 1180. The molecule has 29 heavy (non-hydrogen) atoms. The van der Waals surface area contributed by atoms with Crippen molar-refractivity contribution in [3.05, 3.63) is 54.5 Å². The van der Waals surface area contributed by atoms with Crippen molar-refractivity contribution in [2.45, 2.75) is 36.2 Å². The number of fused-ring (bicyclic) bond motifs is 1. The third-order valence-electron chi connectivity index (χ3n) is 5.16. The maximum atomic E-state index is 13.0. The molecule has 0 amide bonds. The number of benzene rings is 1. The standard InChI is InChI=1S/C20H22N4O3S2/c1-3-9-24-19(14-8-10-29(26,27)12-14)22-23-20(24)28-13(2)18(25)16-11-21-17-7-5-4-6-15(16)17/h3-7,11,13-14,21H,1,8-10,12H2,2H3/t13-,14+/m0/s1. The van der Waals surface area contributed by atoms with Gasteiger partial charge in [-0.25, -0.2) is 8.42 Å². The Hall–Kier alpha value is -2.39. The Morgan fingerprint density at radius 1 is 1.41 bits per heavy atom. The third-order valence-corrected chi connectivity index (χ3v) is 8.01. The SMILES string of the molecule is C=CCn1c(S[C@@H](C)C(=O)c2c[nH]c3ccccc23)nnc1[C@@H]1CCS(=O)(=O)C1. The van der Waals surface area contributed by atoms with Crippen LogP contribution in [0.25, 0.3) is 10.9 Å². The highest BCUT2D eigenvalue weighted by Crippen LogP contribution is 2.32. The molecular formula is C20H22N4O3S2. The van der Waals surface area contributed by atoms with Crippen LogP contribution in [0.2, 0.25) is 0 Å². The van der Waals surface area contributed by atoms with E-state index in [2.05, 4.69) is 21.8 Å². The fraction of sp³-hybridized carbons (Fsp3) is 0.350. The fourth-order valence-electron chi connectivity index (χ4n) is 3.69. The molecule has 3 heterocycles. The fourth-order valence-corrected chi connectivity index (χ4v) is 6.37. The second-order valence-corrected chi connectivity index (χ2v) is 10.7. The highest BCUT2D eigenvalue weighted by molar-refractivity contribution is 8.00. The molecule has 0 unspecified atom stereocenters. The number of para-hydroxylation sites is 1. The van der Waals surface area contributed by atoms with E-state index >= 15 is 0 Å². The number of aromatic nitrogens is 4. The van der Waals surface area contributed by atoms with Gasteiger partial charge in [-0.15, -0.1) is 16.8 Å². The van der Waals surface area contributed by atoms with E-state index in [1.807, 2.05) is 35.8 Å². The Morgan fingerprint density at radius 2 is 2.21 bits per heavy atom. The predicted octanol–water partition coefficient (Wildman–Crippen LogP) is 3.21. The first kappa shape index (κ1) is 19.9. The first-order chi connectivity index (χ1) is 13.9. The molecular weight excluding hydrogens is 408 g/mol. The van der Waals surface area contributed by atoms with Crippen molar-refractivity contribution in [1.82, 2.24) is 19.7 Å². The molecule has 4 rings (SSSR count). The number of sulfone groups is 1. The minimum absolute atomic E-state index is 0.00518.